The number of hydrogen-bond donors (Lipinski definition) is 2. The molecule has 2 aliphatic heterocycles. The molecule has 0 saturated heterocycles. The molecule has 0 spiro atoms. The molecule has 4 nitrogen and oxygen atoms in total. The van der Waals surface area contributed by atoms with Gasteiger partial charge in [-0.15, -0.1) is 0 Å². The lowest BCUT2D eigenvalue weighted by molar-refractivity contribution is -0.113. The Labute approximate surface area is 101 Å². The number of allylic oxidation sites excluding steroid dienone is 3. The molecule has 0 radical (unpaired) electrons. The third-order valence-electron chi connectivity index (χ3n) is 2.86. The number of nitrogens with one attached hydrogen (secondary N) is 1. The van der Waals surface area contributed by atoms with Gasteiger partial charge >= 0.3 is 0 Å². The Morgan fingerprint density at radius 1 is 1.59 bits per heavy atom. The van der Waals surface area contributed by atoms with Crippen molar-refractivity contribution in [2.24, 2.45) is 11.7 Å². The molecule has 2 aliphatic rings. The van der Waals surface area contributed by atoms with Gasteiger partial charge in [-0.25, -0.2) is 0 Å². The molecule has 0 aromatic carbocycles. The molecule has 0 bridgehead atoms. The fourth-order valence-corrected chi connectivity index (χ4v) is 2.03. The van der Waals surface area contributed by atoms with Gasteiger partial charge in [-0.3, -0.25) is 4.79 Å². The Bertz CT molecular complexity index is 444. The van der Waals surface area contributed by atoms with E-state index in [1.54, 1.807) is 6.08 Å². The molecule has 0 aliphatic carbocycles. The van der Waals surface area contributed by atoms with Gasteiger partial charge in [-0.2, -0.15) is 0 Å². The van der Waals surface area contributed by atoms with E-state index in [9.17, 15) is 4.79 Å². The van der Waals surface area contributed by atoms with Crippen LogP contribution in [0.4, 0.5) is 0 Å². The van der Waals surface area contributed by atoms with Crippen LogP contribution in [0.15, 0.2) is 48.0 Å². The van der Waals surface area contributed by atoms with Crippen LogP contribution in [0.1, 0.15) is 13.8 Å². The summed E-state index contributed by atoms with van der Waals surface area (Å²) in [5.41, 5.74) is 7.37. The molecule has 0 saturated carbocycles. The van der Waals surface area contributed by atoms with Gasteiger partial charge in [0.1, 0.15) is 6.17 Å². The summed E-state index contributed by atoms with van der Waals surface area (Å²) in [5, 5.41) is 3.21. The van der Waals surface area contributed by atoms with Crippen LogP contribution in [-0.2, 0) is 4.79 Å². The number of nitrogens with two attached hydrogens (primary N) is 1. The molecular formula is C13H17N3O. The predicted octanol–water partition coefficient (Wildman–Crippen LogP) is 1.21. The van der Waals surface area contributed by atoms with Crippen molar-refractivity contribution in [1.29, 1.82) is 0 Å². The van der Waals surface area contributed by atoms with Crippen LogP contribution in [0.5, 0.6) is 0 Å². The molecule has 2 rings (SSSR count). The first-order chi connectivity index (χ1) is 8.09. The second kappa shape index (κ2) is 4.49. The Balaban J connectivity index is 2.39. The van der Waals surface area contributed by atoms with E-state index in [0.29, 0.717) is 5.92 Å². The molecule has 3 N–H and O–H groups in total. The summed E-state index contributed by atoms with van der Waals surface area (Å²) < 4.78 is 0. The van der Waals surface area contributed by atoms with E-state index in [0.717, 1.165) is 5.70 Å². The second-order valence-electron chi connectivity index (χ2n) is 4.42. The van der Waals surface area contributed by atoms with Crippen LogP contribution in [0.25, 0.3) is 0 Å². The molecule has 1 atom stereocenters. The van der Waals surface area contributed by atoms with E-state index in [1.165, 1.54) is 11.6 Å². The van der Waals surface area contributed by atoms with Crippen LogP contribution in [0.3, 0.4) is 0 Å². The minimum Gasteiger partial charge on any atom is -0.366 e. The molecule has 4 heteroatoms. The smallest absolute Gasteiger partial charge is 0.241 e. The number of hydrogen-bond acceptors (Lipinski definition) is 3. The van der Waals surface area contributed by atoms with Crippen molar-refractivity contribution in [3.8, 4) is 0 Å². The largest absolute Gasteiger partial charge is 0.366 e. The minimum atomic E-state index is -0.428. The SMILES string of the molecule is CC(C)C1=C(/C=C/C(N)=O)N2C=CNC2C=C1. The summed E-state index contributed by atoms with van der Waals surface area (Å²) in [7, 11) is 0. The quantitative estimate of drug-likeness (QED) is 0.718. The lowest BCUT2D eigenvalue weighted by atomic mass is 9.96. The van der Waals surface area contributed by atoms with Crippen LogP contribution in [-0.4, -0.2) is 17.0 Å². The highest BCUT2D eigenvalue weighted by Crippen LogP contribution is 2.28. The van der Waals surface area contributed by atoms with Crippen LogP contribution < -0.4 is 11.1 Å². The fourth-order valence-electron chi connectivity index (χ4n) is 2.03. The first-order valence-electron chi connectivity index (χ1n) is 5.70. The summed E-state index contributed by atoms with van der Waals surface area (Å²) in [6.07, 6.45) is 11.4. The van der Waals surface area contributed by atoms with Crippen molar-refractivity contribution in [3.05, 3.63) is 48.0 Å². The highest BCUT2D eigenvalue weighted by molar-refractivity contribution is 5.86. The minimum absolute atomic E-state index is 0.144. The van der Waals surface area contributed by atoms with Crippen molar-refractivity contribution in [3.63, 3.8) is 0 Å². The van der Waals surface area contributed by atoms with Crippen molar-refractivity contribution in [1.82, 2.24) is 10.2 Å². The van der Waals surface area contributed by atoms with Gasteiger partial charge in [-0.05, 0) is 23.6 Å². The lowest BCUT2D eigenvalue weighted by Gasteiger charge is -2.30. The van der Waals surface area contributed by atoms with E-state index in [-0.39, 0.29) is 6.17 Å². The summed E-state index contributed by atoms with van der Waals surface area (Å²) in [6, 6.07) is 0. The highest BCUT2D eigenvalue weighted by atomic mass is 16.1. The zero-order valence-electron chi connectivity index (χ0n) is 10.1. The third kappa shape index (κ3) is 2.25. The van der Waals surface area contributed by atoms with Gasteiger partial charge in [0.2, 0.25) is 5.91 Å². The molecule has 0 aromatic rings. The van der Waals surface area contributed by atoms with Crippen molar-refractivity contribution in [2.45, 2.75) is 20.0 Å². The van der Waals surface area contributed by atoms with Gasteiger partial charge in [0, 0.05) is 24.2 Å². The standard InChI is InChI=1S/C13H17N3O/c1-9(2)10-3-6-13-15-7-8-16(13)11(10)4-5-12(14)17/h3-9,13,15H,1-2H3,(H2,14,17)/b5-4+. The maximum atomic E-state index is 10.9. The van der Waals surface area contributed by atoms with Gasteiger partial charge in [-0.1, -0.05) is 19.9 Å². The number of carbonyl (C=O) groups is 1. The number of nitrogens with zero attached hydrogens (tertiary/aromatic N) is 1. The molecule has 0 fully saturated rings. The lowest BCUT2D eigenvalue weighted by Crippen LogP contribution is -2.35. The molecule has 17 heavy (non-hydrogen) atoms. The summed E-state index contributed by atoms with van der Waals surface area (Å²) >= 11 is 0. The number of amides is 1. The third-order valence-corrected chi connectivity index (χ3v) is 2.86. The molecule has 1 amide bonds. The van der Waals surface area contributed by atoms with Crippen molar-refractivity contribution < 1.29 is 4.79 Å². The Kier molecular flexibility index (Phi) is 3.04. The normalized spacial score (nSPS) is 22.5. The number of carbonyl (C=O) groups excluding carboxylic acids is 1. The Hall–Kier alpha value is -1.97. The highest BCUT2D eigenvalue weighted by Gasteiger charge is 2.24. The molecule has 90 valence electrons. The zero-order valence-corrected chi connectivity index (χ0v) is 10.1. The molecule has 0 aromatic heterocycles. The molecule has 2 heterocycles. The Morgan fingerprint density at radius 2 is 2.35 bits per heavy atom. The average Bonchev–Trinajstić information content (AvgIpc) is 2.73. The topological polar surface area (TPSA) is 58.4 Å². The van der Waals surface area contributed by atoms with Crippen molar-refractivity contribution >= 4 is 5.91 Å². The second-order valence-corrected chi connectivity index (χ2v) is 4.42. The zero-order chi connectivity index (χ0) is 12.4. The predicted molar refractivity (Wildman–Crippen MR) is 67.2 cm³/mol. The maximum Gasteiger partial charge on any atom is 0.241 e. The number of fused-ring (bicyclic) bond motifs is 1. The van der Waals surface area contributed by atoms with E-state index < -0.39 is 5.91 Å². The summed E-state index contributed by atoms with van der Waals surface area (Å²) in [4.78, 5) is 12.9. The number of primary amides is 1. The summed E-state index contributed by atoms with van der Waals surface area (Å²) in [5.74, 6) is -0.0310. The summed E-state index contributed by atoms with van der Waals surface area (Å²) in [6.45, 7) is 4.26. The van der Waals surface area contributed by atoms with Crippen molar-refractivity contribution in [2.75, 3.05) is 0 Å². The van der Waals surface area contributed by atoms with Gasteiger partial charge in [0.15, 0.2) is 0 Å². The number of rotatable bonds is 3. The first-order valence-corrected chi connectivity index (χ1v) is 5.70. The van der Waals surface area contributed by atoms with Crippen LogP contribution in [0.2, 0.25) is 0 Å². The fraction of sp³-hybridized carbons (Fsp3) is 0.308. The van der Waals surface area contributed by atoms with Crippen LogP contribution in [0, 0.1) is 5.92 Å². The monoisotopic (exact) mass is 231 g/mol. The van der Waals surface area contributed by atoms with Gasteiger partial charge in [0.05, 0.1) is 0 Å². The van der Waals surface area contributed by atoms with E-state index >= 15 is 0 Å². The Morgan fingerprint density at radius 3 is 3.00 bits per heavy atom. The van der Waals surface area contributed by atoms with Gasteiger partial charge < -0.3 is 16.0 Å². The van der Waals surface area contributed by atoms with E-state index in [2.05, 4.69) is 36.2 Å². The first kappa shape index (κ1) is 11.5. The maximum absolute atomic E-state index is 10.9. The van der Waals surface area contributed by atoms with Crippen LogP contribution >= 0.6 is 0 Å². The molecular weight excluding hydrogens is 214 g/mol. The van der Waals surface area contributed by atoms with Gasteiger partial charge in [0.25, 0.3) is 0 Å². The molecule has 1 unspecified atom stereocenters. The average molecular weight is 231 g/mol. The van der Waals surface area contributed by atoms with E-state index in [4.69, 9.17) is 5.73 Å². The van der Waals surface area contributed by atoms with E-state index in [1.807, 2.05) is 12.4 Å².